The van der Waals surface area contributed by atoms with E-state index in [-0.39, 0.29) is 30.5 Å². The molecule has 24 heavy (non-hydrogen) atoms. The number of aryl methyl sites for hydroxylation is 1. The van der Waals surface area contributed by atoms with Crippen molar-refractivity contribution in [3.8, 4) is 11.6 Å². The maximum atomic E-state index is 12.0. The standard InChI is InChI=1S/C15H19N5O4/c1-3-7-15(2,14(22)23)19-10(21)5-6-11-18-13(20-24-11)12-16-8-4-9-17-12/h4,8-9H,3,5-7H2,1-2H3,(H,19,21)(H,22,23). The third-order valence-electron chi connectivity index (χ3n) is 3.44. The summed E-state index contributed by atoms with van der Waals surface area (Å²) in [5.41, 5.74) is -1.27. The molecule has 0 radical (unpaired) electrons. The van der Waals surface area contributed by atoms with E-state index in [0.29, 0.717) is 18.7 Å². The van der Waals surface area contributed by atoms with Crippen LogP contribution in [0.1, 0.15) is 39.0 Å². The third kappa shape index (κ3) is 4.34. The number of hydrogen-bond donors (Lipinski definition) is 2. The van der Waals surface area contributed by atoms with Gasteiger partial charge in [0.25, 0.3) is 0 Å². The summed E-state index contributed by atoms with van der Waals surface area (Å²) < 4.78 is 5.06. The Morgan fingerprint density at radius 3 is 2.62 bits per heavy atom. The Morgan fingerprint density at radius 1 is 1.29 bits per heavy atom. The lowest BCUT2D eigenvalue weighted by Crippen LogP contribution is -2.52. The molecule has 9 nitrogen and oxygen atoms in total. The normalized spacial score (nSPS) is 13.2. The highest BCUT2D eigenvalue weighted by atomic mass is 16.5. The smallest absolute Gasteiger partial charge is 0.329 e. The van der Waals surface area contributed by atoms with Gasteiger partial charge in [0.1, 0.15) is 5.54 Å². The molecule has 9 heteroatoms. The van der Waals surface area contributed by atoms with Crippen LogP contribution in [0.2, 0.25) is 0 Å². The van der Waals surface area contributed by atoms with Crippen LogP contribution >= 0.6 is 0 Å². The van der Waals surface area contributed by atoms with E-state index in [1.807, 2.05) is 6.92 Å². The van der Waals surface area contributed by atoms with Crippen molar-refractivity contribution in [3.63, 3.8) is 0 Å². The molecule has 0 aliphatic heterocycles. The fourth-order valence-electron chi connectivity index (χ4n) is 2.18. The van der Waals surface area contributed by atoms with Gasteiger partial charge in [-0.2, -0.15) is 4.98 Å². The first-order valence-corrected chi connectivity index (χ1v) is 7.59. The number of carboxylic acid groups (broad SMARTS) is 1. The summed E-state index contributed by atoms with van der Waals surface area (Å²) in [6, 6.07) is 1.67. The van der Waals surface area contributed by atoms with E-state index in [4.69, 9.17) is 4.52 Å². The van der Waals surface area contributed by atoms with Crippen molar-refractivity contribution >= 4 is 11.9 Å². The van der Waals surface area contributed by atoms with E-state index in [2.05, 4.69) is 25.4 Å². The van der Waals surface area contributed by atoms with Crippen molar-refractivity contribution in [2.75, 3.05) is 0 Å². The van der Waals surface area contributed by atoms with Crippen LogP contribution in [0.15, 0.2) is 23.0 Å². The predicted molar refractivity (Wildman–Crippen MR) is 82.7 cm³/mol. The number of carbonyl (C=O) groups is 2. The number of rotatable bonds is 8. The Bertz CT molecular complexity index is 703. The van der Waals surface area contributed by atoms with E-state index >= 15 is 0 Å². The molecular formula is C15H19N5O4. The lowest BCUT2D eigenvalue weighted by molar-refractivity contribution is -0.147. The average Bonchev–Trinajstić information content (AvgIpc) is 3.03. The first-order chi connectivity index (χ1) is 11.4. The van der Waals surface area contributed by atoms with Gasteiger partial charge in [0.2, 0.25) is 23.4 Å². The maximum absolute atomic E-state index is 12.0. The van der Waals surface area contributed by atoms with Crippen molar-refractivity contribution in [1.82, 2.24) is 25.4 Å². The molecule has 0 saturated heterocycles. The van der Waals surface area contributed by atoms with Gasteiger partial charge in [0.05, 0.1) is 0 Å². The number of carboxylic acids is 1. The van der Waals surface area contributed by atoms with Gasteiger partial charge in [-0.1, -0.05) is 18.5 Å². The van der Waals surface area contributed by atoms with Gasteiger partial charge in [-0.3, -0.25) is 4.79 Å². The molecule has 128 valence electrons. The second-order valence-electron chi connectivity index (χ2n) is 5.52. The highest BCUT2D eigenvalue weighted by Crippen LogP contribution is 2.14. The zero-order valence-corrected chi connectivity index (χ0v) is 13.5. The summed E-state index contributed by atoms with van der Waals surface area (Å²) in [5, 5.41) is 15.6. The minimum atomic E-state index is -1.27. The Hall–Kier alpha value is -2.84. The van der Waals surface area contributed by atoms with Gasteiger partial charge in [-0.15, -0.1) is 0 Å². The Kier molecular flexibility index (Phi) is 5.56. The van der Waals surface area contributed by atoms with E-state index < -0.39 is 11.5 Å². The second-order valence-corrected chi connectivity index (χ2v) is 5.52. The van der Waals surface area contributed by atoms with Gasteiger partial charge >= 0.3 is 5.97 Å². The summed E-state index contributed by atoms with van der Waals surface area (Å²) >= 11 is 0. The molecule has 0 bridgehead atoms. The molecule has 0 aromatic carbocycles. The molecular weight excluding hydrogens is 314 g/mol. The molecule has 0 spiro atoms. The zero-order valence-electron chi connectivity index (χ0n) is 13.5. The monoisotopic (exact) mass is 333 g/mol. The molecule has 0 aliphatic rings. The summed E-state index contributed by atoms with van der Waals surface area (Å²) in [5.74, 6) is -0.603. The number of nitrogens with one attached hydrogen (secondary N) is 1. The van der Waals surface area contributed by atoms with Crippen LogP contribution in [0, 0.1) is 0 Å². The number of aromatic nitrogens is 4. The Balaban J connectivity index is 1.93. The summed E-state index contributed by atoms with van der Waals surface area (Å²) in [7, 11) is 0. The highest BCUT2D eigenvalue weighted by Gasteiger charge is 2.33. The highest BCUT2D eigenvalue weighted by molar-refractivity contribution is 5.86. The molecule has 0 saturated carbocycles. The molecule has 2 N–H and O–H groups in total. The first-order valence-electron chi connectivity index (χ1n) is 7.59. The summed E-state index contributed by atoms with van der Waals surface area (Å²) in [4.78, 5) is 35.4. The molecule has 2 heterocycles. The van der Waals surface area contributed by atoms with Crippen LogP contribution in [-0.2, 0) is 16.0 Å². The average molecular weight is 333 g/mol. The largest absolute Gasteiger partial charge is 0.480 e. The quantitative estimate of drug-likeness (QED) is 0.737. The van der Waals surface area contributed by atoms with E-state index in [1.165, 1.54) is 6.92 Å². The SMILES string of the molecule is CCCC(C)(NC(=O)CCc1nc(-c2ncccn2)no1)C(=O)O. The van der Waals surface area contributed by atoms with Crippen molar-refractivity contribution in [2.45, 2.75) is 45.1 Å². The van der Waals surface area contributed by atoms with Gasteiger partial charge in [0.15, 0.2) is 0 Å². The van der Waals surface area contributed by atoms with E-state index in [1.54, 1.807) is 18.5 Å². The van der Waals surface area contributed by atoms with E-state index in [0.717, 1.165) is 0 Å². The van der Waals surface area contributed by atoms with Crippen molar-refractivity contribution < 1.29 is 19.2 Å². The Morgan fingerprint density at radius 2 is 2.00 bits per heavy atom. The lowest BCUT2D eigenvalue weighted by atomic mass is 9.96. The molecule has 0 aliphatic carbocycles. The minimum Gasteiger partial charge on any atom is -0.480 e. The lowest BCUT2D eigenvalue weighted by Gasteiger charge is -2.25. The molecule has 1 amide bonds. The third-order valence-corrected chi connectivity index (χ3v) is 3.44. The molecule has 2 aromatic rings. The van der Waals surface area contributed by atoms with E-state index in [9.17, 15) is 14.7 Å². The van der Waals surface area contributed by atoms with Gasteiger partial charge in [0, 0.05) is 25.2 Å². The molecule has 2 rings (SSSR count). The fraction of sp³-hybridized carbons (Fsp3) is 0.467. The van der Waals surface area contributed by atoms with Gasteiger partial charge in [-0.05, 0) is 19.4 Å². The van der Waals surface area contributed by atoms with Crippen LogP contribution in [0.25, 0.3) is 11.6 Å². The minimum absolute atomic E-state index is 0.0455. The van der Waals surface area contributed by atoms with Crippen LogP contribution in [0.3, 0.4) is 0 Å². The Labute approximate surface area is 138 Å². The second kappa shape index (κ2) is 7.62. The van der Waals surface area contributed by atoms with Gasteiger partial charge < -0.3 is 14.9 Å². The number of nitrogens with zero attached hydrogens (tertiary/aromatic N) is 4. The van der Waals surface area contributed by atoms with Crippen LogP contribution in [-0.4, -0.2) is 42.6 Å². The zero-order chi connectivity index (χ0) is 17.6. The molecule has 1 unspecified atom stereocenters. The van der Waals surface area contributed by atoms with Gasteiger partial charge in [-0.25, -0.2) is 14.8 Å². The number of amides is 1. The van der Waals surface area contributed by atoms with Crippen LogP contribution in [0.5, 0.6) is 0 Å². The molecule has 1 atom stereocenters. The first kappa shape index (κ1) is 17.5. The predicted octanol–water partition coefficient (Wildman–Crippen LogP) is 1.22. The van der Waals surface area contributed by atoms with Crippen molar-refractivity contribution in [3.05, 3.63) is 24.4 Å². The topological polar surface area (TPSA) is 131 Å². The van der Waals surface area contributed by atoms with Crippen molar-refractivity contribution in [1.29, 1.82) is 0 Å². The fourth-order valence-corrected chi connectivity index (χ4v) is 2.18. The van der Waals surface area contributed by atoms with Crippen LogP contribution in [0.4, 0.5) is 0 Å². The molecule has 0 fully saturated rings. The molecule has 2 aromatic heterocycles. The maximum Gasteiger partial charge on any atom is 0.329 e. The van der Waals surface area contributed by atoms with Crippen molar-refractivity contribution in [2.24, 2.45) is 0 Å². The number of carbonyl (C=O) groups excluding carboxylic acids is 1. The number of hydrogen-bond acceptors (Lipinski definition) is 7. The summed E-state index contributed by atoms with van der Waals surface area (Å²) in [6.07, 6.45) is 4.37. The summed E-state index contributed by atoms with van der Waals surface area (Å²) in [6.45, 7) is 3.35. The number of aliphatic carboxylic acids is 1. The van der Waals surface area contributed by atoms with Crippen LogP contribution < -0.4 is 5.32 Å².